The van der Waals surface area contributed by atoms with E-state index in [9.17, 15) is 4.79 Å². The first-order valence-corrected chi connectivity index (χ1v) is 5.24. The van der Waals surface area contributed by atoms with E-state index >= 15 is 0 Å². The fourth-order valence-corrected chi connectivity index (χ4v) is 1.91. The van der Waals surface area contributed by atoms with E-state index in [-0.39, 0.29) is 36.8 Å². The number of halogens is 2. The third-order valence-corrected chi connectivity index (χ3v) is 2.75. The van der Waals surface area contributed by atoms with Gasteiger partial charge in [0.25, 0.3) is 0 Å². The van der Waals surface area contributed by atoms with Crippen molar-refractivity contribution in [3.05, 3.63) is 0 Å². The van der Waals surface area contributed by atoms with Crippen LogP contribution >= 0.6 is 24.8 Å². The lowest BCUT2D eigenvalue weighted by Gasteiger charge is -2.38. The molecule has 104 valence electrons. The zero-order valence-corrected chi connectivity index (χ0v) is 12.1. The van der Waals surface area contributed by atoms with Gasteiger partial charge in [0.15, 0.2) is 0 Å². The van der Waals surface area contributed by atoms with Gasteiger partial charge in [0.2, 0.25) is 0 Å². The number of methoxy groups -OCH3 is 2. The highest BCUT2D eigenvalue weighted by atomic mass is 35.5. The number of carbonyl (C=O) groups excluding carboxylic acids is 1. The topological polar surface area (TPSA) is 50.8 Å². The minimum Gasteiger partial charge on any atom is -0.468 e. The van der Waals surface area contributed by atoms with Gasteiger partial charge in [0.1, 0.15) is 6.04 Å². The zero-order valence-electron chi connectivity index (χ0n) is 10.5. The molecule has 0 radical (unpaired) electrons. The molecule has 2 atom stereocenters. The maximum absolute atomic E-state index is 11.6. The minimum absolute atomic E-state index is 0. The molecule has 5 nitrogen and oxygen atoms in total. The van der Waals surface area contributed by atoms with Crippen LogP contribution in [0.15, 0.2) is 0 Å². The van der Waals surface area contributed by atoms with Gasteiger partial charge in [0, 0.05) is 32.8 Å². The summed E-state index contributed by atoms with van der Waals surface area (Å²) in [5.41, 5.74) is 0. The first kappa shape index (κ1) is 19.3. The van der Waals surface area contributed by atoms with E-state index in [1.807, 2.05) is 0 Å². The Labute approximate surface area is 115 Å². The van der Waals surface area contributed by atoms with Crippen molar-refractivity contribution in [2.24, 2.45) is 0 Å². The molecular formula is C10H22Cl2N2O3. The minimum atomic E-state index is -0.280. The van der Waals surface area contributed by atoms with Crippen LogP contribution in [0.3, 0.4) is 0 Å². The highest BCUT2D eigenvalue weighted by molar-refractivity contribution is 5.85. The molecule has 1 aliphatic heterocycles. The van der Waals surface area contributed by atoms with Crippen molar-refractivity contribution in [3.63, 3.8) is 0 Å². The highest BCUT2D eigenvalue weighted by Crippen LogP contribution is 2.10. The lowest BCUT2D eigenvalue weighted by Crippen LogP contribution is -2.57. The summed E-state index contributed by atoms with van der Waals surface area (Å²) in [5, 5.41) is 3.28. The van der Waals surface area contributed by atoms with Gasteiger partial charge < -0.3 is 14.8 Å². The highest BCUT2D eigenvalue weighted by Gasteiger charge is 2.31. The van der Waals surface area contributed by atoms with Gasteiger partial charge in [-0.15, -0.1) is 24.8 Å². The largest absolute Gasteiger partial charge is 0.468 e. The van der Waals surface area contributed by atoms with Crippen LogP contribution in [-0.2, 0) is 14.3 Å². The first-order valence-electron chi connectivity index (χ1n) is 5.24. The molecule has 7 heteroatoms. The number of piperazine rings is 1. The molecule has 1 saturated heterocycles. The molecule has 0 amide bonds. The van der Waals surface area contributed by atoms with Gasteiger partial charge in [-0.05, 0) is 6.92 Å². The number of ether oxygens (including phenoxy) is 2. The van der Waals surface area contributed by atoms with Gasteiger partial charge in [0.05, 0.1) is 13.7 Å². The predicted molar refractivity (Wildman–Crippen MR) is 71.2 cm³/mol. The quantitative estimate of drug-likeness (QED) is 0.755. The second-order valence-corrected chi connectivity index (χ2v) is 3.79. The predicted octanol–water partition coefficient (Wildman–Crippen LogP) is 0.312. The molecular weight excluding hydrogens is 267 g/mol. The van der Waals surface area contributed by atoms with Crippen molar-refractivity contribution in [1.82, 2.24) is 10.2 Å². The van der Waals surface area contributed by atoms with Crippen LogP contribution in [0.5, 0.6) is 0 Å². The van der Waals surface area contributed by atoms with Crippen molar-refractivity contribution >= 4 is 30.8 Å². The third kappa shape index (κ3) is 5.40. The summed E-state index contributed by atoms with van der Waals surface area (Å²) in [6.45, 7) is 5.14. The Morgan fingerprint density at radius 2 is 2.12 bits per heavy atom. The maximum atomic E-state index is 11.6. The number of hydrogen-bond donors (Lipinski definition) is 1. The molecule has 0 aliphatic carbocycles. The van der Waals surface area contributed by atoms with E-state index in [1.165, 1.54) is 7.11 Å². The normalized spacial score (nSPS) is 21.9. The Kier molecular flexibility index (Phi) is 11.2. The molecule has 0 saturated carbocycles. The van der Waals surface area contributed by atoms with Crippen molar-refractivity contribution in [1.29, 1.82) is 0 Å². The van der Waals surface area contributed by atoms with Crippen molar-refractivity contribution in [2.45, 2.75) is 19.0 Å². The van der Waals surface area contributed by atoms with Gasteiger partial charge in [-0.2, -0.15) is 0 Å². The monoisotopic (exact) mass is 288 g/mol. The second-order valence-electron chi connectivity index (χ2n) is 3.79. The molecule has 1 heterocycles. The van der Waals surface area contributed by atoms with Gasteiger partial charge in [-0.3, -0.25) is 9.69 Å². The molecule has 0 bridgehead atoms. The van der Waals surface area contributed by atoms with E-state index in [1.54, 1.807) is 7.11 Å². The van der Waals surface area contributed by atoms with Gasteiger partial charge >= 0.3 is 5.97 Å². The molecule has 0 spiro atoms. The van der Waals surface area contributed by atoms with Gasteiger partial charge in [-0.1, -0.05) is 0 Å². The van der Waals surface area contributed by atoms with Crippen LogP contribution < -0.4 is 5.32 Å². The number of nitrogens with one attached hydrogen (secondary N) is 1. The summed E-state index contributed by atoms with van der Waals surface area (Å²) in [7, 11) is 3.01. The molecule has 2 unspecified atom stereocenters. The summed E-state index contributed by atoms with van der Waals surface area (Å²) in [5.74, 6) is -0.217. The molecule has 1 fully saturated rings. The molecule has 0 aromatic rings. The smallest absolute Gasteiger partial charge is 0.325 e. The number of carbonyl (C=O) groups is 1. The summed E-state index contributed by atoms with van der Waals surface area (Å²) in [4.78, 5) is 13.7. The Hall–Kier alpha value is -0.0700. The van der Waals surface area contributed by atoms with Crippen molar-refractivity contribution in [2.75, 3.05) is 40.5 Å². The van der Waals surface area contributed by atoms with E-state index < -0.39 is 0 Å². The average Bonchev–Trinajstić information content (AvgIpc) is 2.26. The third-order valence-electron chi connectivity index (χ3n) is 2.75. The Morgan fingerprint density at radius 1 is 1.47 bits per heavy atom. The molecule has 1 aliphatic rings. The van der Waals surface area contributed by atoms with E-state index in [0.717, 1.165) is 19.6 Å². The number of esters is 1. The van der Waals surface area contributed by atoms with Crippen LogP contribution in [0, 0.1) is 0 Å². The Morgan fingerprint density at radius 3 is 2.59 bits per heavy atom. The van der Waals surface area contributed by atoms with Crippen LogP contribution in [0.25, 0.3) is 0 Å². The summed E-state index contributed by atoms with van der Waals surface area (Å²) < 4.78 is 9.85. The van der Waals surface area contributed by atoms with E-state index in [0.29, 0.717) is 12.6 Å². The van der Waals surface area contributed by atoms with E-state index in [4.69, 9.17) is 9.47 Å². The number of nitrogens with zero attached hydrogens (tertiary/aromatic N) is 1. The average molecular weight is 289 g/mol. The Balaban J connectivity index is 0. The fourth-order valence-electron chi connectivity index (χ4n) is 1.91. The second kappa shape index (κ2) is 9.91. The number of hydrogen-bond acceptors (Lipinski definition) is 5. The lowest BCUT2D eigenvalue weighted by molar-refractivity contribution is -0.150. The summed E-state index contributed by atoms with van der Waals surface area (Å²) in [6.07, 6.45) is 0. The van der Waals surface area contributed by atoms with Crippen LogP contribution in [-0.4, -0.2) is 63.4 Å². The Bertz CT molecular complexity index is 220. The summed E-state index contributed by atoms with van der Waals surface area (Å²) >= 11 is 0. The van der Waals surface area contributed by atoms with Crippen LogP contribution in [0.2, 0.25) is 0 Å². The lowest BCUT2D eigenvalue weighted by atomic mass is 10.1. The molecule has 0 aromatic carbocycles. The van der Waals surface area contributed by atoms with E-state index in [2.05, 4.69) is 17.1 Å². The van der Waals surface area contributed by atoms with Crippen LogP contribution in [0.1, 0.15) is 6.92 Å². The summed E-state index contributed by atoms with van der Waals surface area (Å²) in [6, 6.07) is 0.0510. The zero-order chi connectivity index (χ0) is 11.3. The maximum Gasteiger partial charge on any atom is 0.325 e. The molecule has 1 rings (SSSR count). The van der Waals surface area contributed by atoms with Crippen molar-refractivity contribution < 1.29 is 14.3 Å². The first-order chi connectivity index (χ1) is 7.20. The molecule has 1 N–H and O–H groups in total. The fraction of sp³-hybridized carbons (Fsp3) is 0.900. The van der Waals surface area contributed by atoms with Gasteiger partial charge in [-0.25, -0.2) is 0 Å². The molecule has 17 heavy (non-hydrogen) atoms. The van der Waals surface area contributed by atoms with Crippen LogP contribution in [0.4, 0.5) is 0 Å². The SMILES string of the molecule is COCC(C(=O)OC)N1CCNCC1C.Cl.Cl. The number of rotatable bonds is 4. The molecule has 0 aromatic heterocycles. The standard InChI is InChI=1S/C10H20N2O3.2ClH/c1-8-6-11-4-5-12(8)9(7-14-2)10(13)15-3;;/h8-9,11H,4-7H2,1-3H3;2*1H. The van der Waals surface area contributed by atoms with Crippen molar-refractivity contribution in [3.8, 4) is 0 Å².